The SMILES string of the molecule is COc1ccc(CCN(C)CCCN(C(=O)c2ccc(NS(C)(=O)=O)cc2)c2ccc(OC)c(OC)c2)cc1OC.Cl. The quantitative estimate of drug-likeness (QED) is 0.260. The van der Waals surface area contributed by atoms with E-state index in [2.05, 4.69) is 16.7 Å². The molecule has 0 aliphatic heterocycles. The Balaban J connectivity index is 0.00000616. The Hall–Kier alpha value is -3.67. The Bertz CT molecular complexity index is 1420. The molecular formula is C30H40ClN3O7S. The molecular weight excluding hydrogens is 582 g/mol. The van der Waals surface area contributed by atoms with Gasteiger partial charge >= 0.3 is 0 Å². The van der Waals surface area contributed by atoms with E-state index in [1.54, 1.807) is 69.7 Å². The number of likely N-dealkylation sites (N-methyl/N-ethyl adjacent to an activating group) is 1. The lowest BCUT2D eigenvalue weighted by molar-refractivity contribution is 0.0986. The number of nitrogens with zero attached hydrogens (tertiary/aromatic N) is 2. The summed E-state index contributed by atoms with van der Waals surface area (Å²) in [7, 11) is 4.98. The largest absolute Gasteiger partial charge is 0.493 e. The molecule has 1 N–H and O–H groups in total. The summed E-state index contributed by atoms with van der Waals surface area (Å²) < 4.78 is 47.1. The van der Waals surface area contributed by atoms with Gasteiger partial charge in [0.25, 0.3) is 5.91 Å². The van der Waals surface area contributed by atoms with Gasteiger partial charge in [0, 0.05) is 36.1 Å². The first-order chi connectivity index (χ1) is 19.6. The fourth-order valence-corrected chi connectivity index (χ4v) is 4.92. The third-order valence-electron chi connectivity index (χ3n) is 6.51. The molecule has 0 saturated heterocycles. The van der Waals surface area contributed by atoms with Crippen molar-refractivity contribution in [2.75, 3.05) is 71.0 Å². The van der Waals surface area contributed by atoms with Crippen LogP contribution >= 0.6 is 12.4 Å². The third-order valence-corrected chi connectivity index (χ3v) is 7.12. The van der Waals surface area contributed by atoms with E-state index in [1.165, 1.54) is 0 Å². The topological polar surface area (TPSA) is 107 Å². The van der Waals surface area contributed by atoms with Crippen molar-refractivity contribution in [3.63, 3.8) is 0 Å². The van der Waals surface area contributed by atoms with Crippen molar-refractivity contribution in [2.45, 2.75) is 12.8 Å². The lowest BCUT2D eigenvalue weighted by atomic mass is 10.1. The maximum Gasteiger partial charge on any atom is 0.258 e. The number of ether oxygens (including phenoxy) is 4. The van der Waals surface area contributed by atoms with Crippen LogP contribution in [0.25, 0.3) is 0 Å². The van der Waals surface area contributed by atoms with E-state index in [9.17, 15) is 13.2 Å². The summed E-state index contributed by atoms with van der Waals surface area (Å²) in [4.78, 5) is 17.6. The van der Waals surface area contributed by atoms with Crippen LogP contribution in [0.5, 0.6) is 23.0 Å². The van der Waals surface area contributed by atoms with Crippen molar-refractivity contribution in [1.82, 2.24) is 4.90 Å². The van der Waals surface area contributed by atoms with E-state index in [0.29, 0.717) is 46.5 Å². The van der Waals surface area contributed by atoms with Crippen LogP contribution in [0, 0.1) is 0 Å². The Morgan fingerprint density at radius 2 is 1.33 bits per heavy atom. The average Bonchev–Trinajstić information content (AvgIpc) is 2.97. The van der Waals surface area contributed by atoms with Crippen LogP contribution in [0.4, 0.5) is 11.4 Å². The van der Waals surface area contributed by atoms with Crippen LogP contribution in [-0.4, -0.2) is 80.6 Å². The highest BCUT2D eigenvalue weighted by molar-refractivity contribution is 7.92. The maximum absolute atomic E-state index is 13.7. The van der Waals surface area contributed by atoms with Crippen LogP contribution in [0.3, 0.4) is 0 Å². The molecule has 0 bridgehead atoms. The molecule has 3 rings (SSSR count). The molecule has 0 saturated carbocycles. The number of nitrogens with one attached hydrogen (secondary N) is 1. The van der Waals surface area contributed by atoms with E-state index in [1.807, 2.05) is 24.3 Å². The van der Waals surface area contributed by atoms with Crippen LogP contribution in [0.1, 0.15) is 22.3 Å². The van der Waals surface area contributed by atoms with Gasteiger partial charge in [-0.25, -0.2) is 8.42 Å². The minimum absolute atomic E-state index is 0. The first-order valence-corrected chi connectivity index (χ1v) is 15.0. The molecule has 0 fully saturated rings. The van der Waals surface area contributed by atoms with Crippen molar-refractivity contribution in [1.29, 1.82) is 0 Å². The van der Waals surface area contributed by atoms with Gasteiger partial charge in [-0.2, -0.15) is 0 Å². The van der Waals surface area contributed by atoms with Crippen LogP contribution in [0.2, 0.25) is 0 Å². The molecule has 1 amide bonds. The van der Waals surface area contributed by atoms with Crippen LogP contribution in [-0.2, 0) is 16.4 Å². The third kappa shape index (κ3) is 9.71. The summed E-state index contributed by atoms with van der Waals surface area (Å²) in [6.45, 7) is 2.05. The zero-order valence-electron chi connectivity index (χ0n) is 24.9. The Morgan fingerprint density at radius 1 is 0.762 bits per heavy atom. The number of carbonyl (C=O) groups is 1. The highest BCUT2D eigenvalue weighted by Crippen LogP contribution is 2.32. The molecule has 12 heteroatoms. The van der Waals surface area contributed by atoms with Crippen LogP contribution in [0.15, 0.2) is 60.7 Å². The second-order valence-electron chi connectivity index (χ2n) is 9.54. The molecule has 0 aliphatic rings. The molecule has 3 aromatic rings. The van der Waals surface area contributed by atoms with Gasteiger partial charge in [0.15, 0.2) is 23.0 Å². The van der Waals surface area contributed by atoms with E-state index < -0.39 is 10.0 Å². The average molecular weight is 622 g/mol. The highest BCUT2D eigenvalue weighted by atomic mass is 35.5. The zero-order valence-corrected chi connectivity index (χ0v) is 26.5. The highest BCUT2D eigenvalue weighted by Gasteiger charge is 2.20. The predicted molar refractivity (Wildman–Crippen MR) is 169 cm³/mol. The number of amides is 1. The number of hydrogen-bond donors (Lipinski definition) is 1. The number of methoxy groups -OCH3 is 4. The standard InChI is InChI=1S/C30H39N3O7S.ClH/c1-32(19-16-22-8-14-26(37-2)28(20-22)39-4)17-7-18-33(25-13-15-27(38-3)29(21-25)40-5)30(34)23-9-11-24(12-10-23)31-41(6,35)36;/h8-15,20-21,31H,7,16-19H2,1-6H3;1H. The summed E-state index contributed by atoms with van der Waals surface area (Å²) in [5.74, 6) is 2.27. The summed E-state index contributed by atoms with van der Waals surface area (Å²) in [5, 5.41) is 0. The smallest absolute Gasteiger partial charge is 0.258 e. The van der Waals surface area contributed by atoms with Gasteiger partial charge < -0.3 is 28.7 Å². The van der Waals surface area contributed by atoms with Crippen molar-refractivity contribution in [3.05, 3.63) is 71.8 Å². The van der Waals surface area contributed by atoms with Gasteiger partial charge in [0.2, 0.25) is 10.0 Å². The lowest BCUT2D eigenvalue weighted by Gasteiger charge is -2.25. The number of rotatable bonds is 15. The molecule has 10 nitrogen and oxygen atoms in total. The normalized spacial score (nSPS) is 10.9. The molecule has 0 heterocycles. The fourth-order valence-electron chi connectivity index (χ4n) is 4.36. The van der Waals surface area contributed by atoms with E-state index in [-0.39, 0.29) is 18.3 Å². The molecule has 42 heavy (non-hydrogen) atoms. The summed E-state index contributed by atoms with van der Waals surface area (Å²) in [6.07, 6.45) is 2.63. The Labute approximate surface area is 255 Å². The number of benzene rings is 3. The number of sulfonamides is 1. The predicted octanol–water partition coefficient (Wildman–Crippen LogP) is 4.73. The summed E-state index contributed by atoms with van der Waals surface area (Å²) >= 11 is 0. The number of anilines is 2. The van der Waals surface area contributed by atoms with Gasteiger partial charge in [0.05, 0.1) is 34.7 Å². The van der Waals surface area contributed by atoms with Gasteiger partial charge in [0.1, 0.15) is 0 Å². The molecule has 0 atom stereocenters. The molecule has 3 aromatic carbocycles. The Kier molecular flexibility index (Phi) is 13.2. The minimum atomic E-state index is -3.42. The van der Waals surface area contributed by atoms with E-state index in [0.717, 1.165) is 37.8 Å². The van der Waals surface area contributed by atoms with Crippen molar-refractivity contribution in [3.8, 4) is 23.0 Å². The first-order valence-electron chi connectivity index (χ1n) is 13.1. The molecule has 0 aliphatic carbocycles. The van der Waals surface area contributed by atoms with Crippen molar-refractivity contribution < 1.29 is 32.2 Å². The number of halogens is 1. The minimum Gasteiger partial charge on any atom is -0.493 e. The van der Waals surface area contributed by atoms with Crippen LogP contribution < -0.4 is 28.6 Å². The molecule has 0 aromatic heterocycles. The van der Waals surface area contributed by atoms with Gasteiger partial charge in [-0.1, -0.05) is 6.07 Å². The van der Waals surface area contributed by atoms with Crippen molar-refractivity contribution in [2.24, 2.45) is 0 Å². The Morgan fingerprint density at radius 3 is 1.90 bits per heavy atom. The zero-order chi connectivity index (χ0) is 30.0. The van der Waals surface area contributed by atoms with E-state index >= 15 is 0 Å². The lowest BCUT2D eigenvalue weighted by Crippen LogP contribution is -2.34. The van der Waals surface area contributed by atoms with E-state index in [4.69, 9.17) is 18.9 Å². The monoisotopic (exact) mass is 621 g/mol. The van der Waals surface area contributed by atoms with Gasteiger partial charge in [-0.3, -0.25) is 9.52 Å². The first kappa shape index (κ1) is 34.5. The molecule has 230 valence electrons. The summed E-state index contributed by atoms with van der Waals surface area (Å²) in [5.41, 5.74) is 2.63. The van der Waals surface area contributed by atoms with Crippen molar-refractivity contribution >= 4 is 39.7 Å². The maximum atomic E-state index is 13.7. The molecule has 0 radical (unpaired) electrons. The van der Waals surface area contributed by atoms with Gasteiger partial charge in [-0.05, 0) is 80.5 Å². The molecule has 0 unspecified atom stereocenters. The fraction of sp³-hybridized carbons (Fsp3) is 0.367. The second kappa shape index (κ2) is 16.1. The number of carbonyl (C=O) groups excluding carboxylic acids is 1. The molecule has 0 spiro atoms. The second-order valence-corrected chi connectivity index (χ2v) is 11.3. The van der Waals surface area contributed by atoms with Gasteiger partial charge in [-0.15, -0.1) is 12.4 Å². The number of hydrogen-bond acceptors (Lipinski definition) is 8. The summed E-state index contributed by atoms with van der Waals surface area (Å²) in [6, 6.07) is 17.7.